The Balaban J connectivity index is 2.11. The molecule has 2 aromatic heterocycles. The predicted molar refractivity (Wildman–Crippen MR) is 105 cm³/mol. The molecule has 0 aliphatic heterocycles. The Kier molecular flexibility index (Phi) is 5.17. The summed E-state index contributed by atoms with van der Waals surface area (Å²) < 4.78 is 0. The quantitative estimate of drug-likeness (QED) is 0.507. The molecule has 3 rings (SSSR count). The summed E-state index contributed by atoms with van der Waals surface area (Å²) in [5.41, 5.74) is 6.94. The van der Waals surface area contributed by atoms with Crippen molar-refractivity contribution in [3.05, 3.63) is 44.5 Å². The number of H-pyrrole nitrogens is 1. The third kappa shape index (κ3) is 3.58. The van der Waals surface area contributed by atoms with Gasteiger partial charge >= 0.3 is 0 Å². The minimum atomic E-state index is -0.419. The summed E-state index contributed by atoms with van der Waals surface area (Å²) in [6.45, 7) is 3.83. The van der Waals surface area contributed by atoms with Crippen LogP contribution >= 0.6 is 34.7 Å². The van der Waals surface area contributed by atoms with Crippen LogP contribution < -0.4 is 11.3 Å². The molecule has 0 saturated heterocycles. The van der Waals surface area contributed by atoms with Gasteiger partial charge in [0.25, 0.3) is 5.56 Å². The number of aromatic nitrogens is 2. The number of hydrogen-bond acceptors (Lipinski definition) is 5. The van der Waals surface area contributed by atoms with Crippen molar-refractivity contribution in [2.75, 3.05) is 0 Å². The van der Waals surface area contributed by atoms with Gasteiger partial charge in [0.05, 0.1) is 10.6 Å². The highest BCUT2D eigenvalue weighted by molar-refractivity contribution is 8.00. The summed E-state index contributed by atoms with van der Waals surface area (Å²) in [4.78, 5) is 33.0. The number of benzene rings is 1. The number of rotatable bonds is 5. The van der Waals surface area contributed by atoms with Crippen LogP contribution in [0.4, 0.5) is 0 Å². The molecule has 1 aromatic carbocycles. The summed E-state index contributed by atoms with van der Waals surface area (Å²) in [6.07, 6.45) is 0.571. The van der Waals surface area contributed by atoms with Crippen molar-refractivity contribution in [1.82, 2.24) is 9.97 Å². The molecule has 130 valence electrons. The number of halogens is 1. The monoisotopic (exact) mass is 393 g/mol. The summed E-state index contributed by atoms with van der Waals surface area (Å²) in [5, 5.41) is 1.19. The molecule has 1 amide bonds. The van der Waals surface area contributed by atoms with Gasteiger partial charge in [-0.2, -0.15) is 0 Å². The Morgan fingerprint density at radius 1 is 1.40 bits per heavy atom. The van der Waals surface area contributed by atoms with Gasteiger partial charge in [0.15, 0.2) is 5.16 Å². The number of thioether (sulfide) groups is 1. The molecule has 0 aliphatic carbocycles. The standard InChI is InChI=1S/C17H16ClN3O2S2/c1-3-11(14(19)22)25-17-20-15(23)13-12(8(2)24-16(13)21-17)9-4-6-10(18)7-5-9/h4-7,11H,3H2,1-2H3,(H2,19,22)(H,20,21,23). The Morgan fingerprint density at radius 3 is 2.68 bits per heavy atom. The lowest BCUT2D eigenvalue weighted by atomic mass is 10.0. The molecule has 1 unspecified atom stereocenters. The highest BCUT2D eigenvalue weighted by atomic mass is 35.5. The van der Waals surface area contributed by atoms with Gasteiger partial charge in [0, 0.05) is 15.5 Å². The molecular formula is C17H16ClN3O2S2. The van der Waals surface area contributed by atoms with E-state index in [-0.39, 0.29) is 5.56 Å². The lowest BCUT2D eigenvalue weighted by Gasteiger charge is -2.09. The molecular weight excluding hydrogens is 378 g/mol. The van der Waals surface area contributed by atoms with Crippen molar-refractivity contribution in [2.24, 2.45) is 5.73 Å². The topological polar surface area (TPSA) is 88.8 Å². The van der Waals surface area contributed by atoms with Crippen molar-refractivity contribution < 1.29 is 4.79 Å². The maximum Gasteiger partial charge on any atom is 0.260 e. The second-order valence-corrected chi connectivity index (χ2v) is 8.34. The first kappa shape index (κ1) is 18.0. The Labute approximate surface area is 157 Å². The zero-order valence-electron chi connectivity index (χ0n) is 13.6. The summed E-state index contributed by atoms with van der Waals surface area (Å²) in [6, 6.07) is 7.37. The Hall–Kier alpha value is -1.83. The van der Waals surface area contributed by atoms with Gasteiger partial charge < -0.3 is 10.7 Å². The maximum absolute atomic E-state index is 12.7. The number of thiophene rings is 1. The van der Waals surface area contributed by atoms with Crippen LogP contribution in [0.15, 0.2) is 34.2 Å². The highest BCUT2D eigenvalue weighted by Crippen LogP contribution is 2.36. The fraction of sp³-hybridized carbons (Fsp3) is 0.235. The number of carbonyl (C=O) groups is 1. The molecule has 0 spiro atoms. The summed E-state index contributed by atoms with van der Waals surface area (Å²) in [7, 11) is 0. The SMILES string of the molecule is CCC(Sc1nc2sc(C)c(-c3ccc(Cl)cc3)c2c(=O)[nH]1)C(N)=O. The third-order valence-corrected chi connectivity index (χ3v) is 6.31. The molecule has 8 heteroatoms. The number of nitrogens with two attached hydrogens (primary N) is 1. The van der Waals surface area contributed by atoms with Gasteiger partial charge in [-0.25, -0.2) is 4.98 Å². The molecule has 5 nitrogen and oxygen atoms in total. The number of primary amides is 1. The van der Waals surface area contributed by atoms with Crippen LogP contribution in [-0.4, -0.2) is 21.1 Å². The molecule has 3 aromatic rings. The maximum atomic E-state index is 12.7. The summed E-state index contributed by atoms with van der Waals surface area (Å²) in [5.74, 6) is -0.417. The molecule has 0 bridgehead atoms. The fourth-order valence-electron chi connectivity index (χ4n) is 2.60. The average molecular weight is 394 g/mol. The van der Waals surface area contributed by atoms with Crippen molar-refractivity contribution in [2.45, 2.75) is 30.7 Å². The van der Waals surface area contributed by atoms with E-state index in [2.05, 4.69) is 9.97 Å². The number of amides is 1. The van der Waals surface area contributed by atoms with Crippen molar-refractivity contribution in [3.63, 3.8) is 0 Å². The van der Waals surface area contributed by atoms with E-state index < -0.39 is 11.2 Å². The van der Waals surface area contributed by atoms with Gasteiger partial charge in [0.2, 0.25) is 5.91 Å². The summed E-state index contributed by atoms with van der Waals surface area (Å²) >= 11 is 8.59. The van der Waals surface area contributed by atoms with E-state index in [0.29, 0.717) is 26.8 Å². The second-order valence-electron chi connectivity index (χ2n) is 5.51. The Morgan fingerprint density at radius 2 is 2.08 bits per heavy atom. The molecule has 0 fully saturated rings. The van der Waals surface area contributed by atoms with Crippen LogP contribution in [0.25, 0.3) is 21.3 Å². The molecule has 1 atom stereocenters. The number of hydrogen-bond donors (Lipinski definition) is 2. The average Bonchev–Trinajstić information content (AvgIpc) is 2.89. The number of aryl methyl sites for hydroxylation is 1. The molecule has 3 N–H and O–H groups in total. The van der Waals surface area contributed by atoms with Gasteiger partial charge in [-0.15, -0.1) is 11.3 Å². The first-order valence-electron chi connectivity index (χ1n) is 7.66. The highest BCUT2D eigenvalue weighted by Gasteiger charge is 2.20. The molecule has 0 saturated carbocycles. The molecule has 2 heterocycles. The zero-order chi connectivity index (χ0) is 18.1. The third-order valence-electron chi connectivity index (χ3n) is 3.79. The minimum Gasteiger partial charge on any atom is -0.369 e. The van der Waals surface area contributed by atoms with Gasteiger partial charge in [-0.1, -0.05) is 42.4 Å². The number of nitrogens with zero attached hydrogens (tertiary/aromatic N) is 1. The molecule has 25 heavy (non-hydrogen) atoms. The van der Waals surface area contributed by atoms with Gasteiger partial charge in [-0.3, -0.25) is 9.59 Å². The smallest absolute Gasteiger partial charge is 0.260 e. The first-order valence-corrected chi connectivity index (χ1v) is 9.73. The van der Waals surface area contributed by atoms with Crippen molar-refractivity contribution in [1.29, 1.82) is 0 Å². The zero-order valence-corrected chi connectivity index (χ0v) is 16.0. The fourth-order valence-corrected chi connectivity index (χ4v) is 4.67. The predicted octanol–water partition coefficient (Wildman–Crippen LogP) is 3.97. The normalized spacial score (nSPS) is 12.4. The largest absolute Gasteiger partial charge is 0.369 e. The van der Waals surface area contributed by atoms with E-state index in [9.17, 15) is 9.59 Å². The van der Waals surface area contributed by atoms with Gasteiger partial charge in [0.1, 0.15) is 4.83 Å². The van der Waals surface area contributed by atoms with E-state index in [0.717, 1.165) is 16.0 Å². The van der Waals surface area contributed by atoms with Crippen LogP contribution in [0.3, 0.4) is 0 Å². The van der Waals surface area contributed by atoms with Crippen LogP contribution in [0.1, 0.15) is 18.2 Å². The number of carbonyl (C=O) groups excluding carboxylic acids is 1. The first-order chi connectivity index (χ1) is 11.9. The number of nitrogens with one attached hydrogen (secondary N) is 1. The van der Waals surface area contributed by atoms with E-state index >= 15 is 0 Å². The van der Waals surface area contributed by atoms with Crippen molar-refractivity contribution >= 4 is 50.8 Å². The lowest BCUT2D eigenvalue weighted by molar-refractivity contribution is -0.117. The number of aromatic amines is 1. The van der Waals surface area contributed by atoms with Crippen LogP contribution in [0.5, 0.6) is 0 Å². The lowest BCUT2D eigenvalue weighted by Crippen LogP contribution is -2.25. The molecule has 0 aliphatic rings. The second kappa shape index (κ2) is 7.19. The molecule has 0 radical (unpaired) electrons. The van der Waals surface area contributed by atoms with E-state index in [1.165, 1.54) is 23.1 Å². The van der Waals surface area contributed by atoms with Crippen molar-refractivity contribution in [3.8, 4) is 11.1 Å². The van der Waals surface area contributed by atoms with Crippen LogP contribution in [0, 0.1) is 6.92 Å². The van der Waals surface area contributed by atoms with E-state index in [1.54, 1.807) is 12.1 Å². The van der Waals surface area contributed by atoms with Crippen LogP contribution in [0.2, 0.25) is 5.02 Å². The number of fused-ring (bicyclic) bond motifs is 1. The van der Waals surface area contributed by atoms with E-state index in [1.807, 2.05) is 26.0 Å². The van der Waals surface area contributed by atoms with Gasteiger partial charge in [-0.05, 0) is 31.0 Å². The van der Waals surface area contributed by atoms with E-state index in [4.69, 9.17) is 17.3 Å². The van der Waals surface area contributed by atoms with Crippen LogP contribution in [-0.2, 0) is 4.79 Å². The Bertz CT molecular complexity index is 996. The minimum absolute atomic E-state index is 0.221.